The van der Waals surface area contributed by atoms with Crippen LogP contribution in [0.4, 0.5) is 0 Å². The fourth-order valence-corrected chi connectivity index (χ4v) is 1.76. The molecular formula is C12H21N5O. The molecule has 0 aliphatic heterocycles. The number of oxime groups is 1. The van der Waals surface area contributed by atoms with Crippen molar-refractivity contribution >= 4 is 5.84 Å². The van der Waals surface area contributed by atoms with Gasteiger partial charge in [0.05, 0.1) is 0 Å². The van der Waals surface area contributed by atoms with Crippen molar-refractivity contribution in [3.63, 3.8) is 0 Å². The molecule has 1 rings (SSSR count). The van der Waals surface area contributed by atoms with Gasteiger partial charge in [0.25, 0.3) is 0 Å². The molecule has 0 aliphatic carbocycles. The van der Waals surface area contributed by atoms with E-state index in [-0.39, 0.29) is 5.84 Å². The minimum absolute atomic E-state index is 0.0349. The first-order valence-electron chi connectivity index (χ1n) is 5.84. The molecule has 4 N–H and O–H groups in total. The minimum Gasteiger partial charge on any atom is -0.409 e. The molecule has 0 aliphatic rings. The van der Waals surface area contributed by atoms with Crippen molar-refractivity contribution in [1.29, 1.82) is 0 Å². The lowest BCUT2D eigenvalue weighted by atomic mass is 10.1. The lowest BCUT2D eigenvalue weighted by Crippen LogP contribution is -2.35. The van der Waals surface area contributed by atoms with E-state index in [9.17, 15) is 0 Å². The van der Waals surface area contributed by atoms with E-state index in [0.29, 0.717) is 18.3 Å². The van der Waals surface area contributed by atoms with Crippen molar-refractivity contribution in [3.05, 3.63) is 29.6 Å². The summed E-state index contributed by atoms with van der Waals surface area (Å²) in [5.41, 5.74) is 7.02. The number of nitrogens with one attached hydrogen (secondary N) is 1. The number of nitrogens with zero attached hydrogens (tertiary/aromatic N) is 3. The number of rotatable bonds is 6. The molecule has 0 amide bonds. The van der Waals surface area contributed by atoms with Crippen LogP contribution < -0.4 is 11.1 Å². The van der Waals surface area contributed by atoms with Gasteiger partial charge in [-0.3, -0.25) is 4.98 Å². The highest BCUT2D eigenvalue weighted by Crippen LogP contribution is 2.05. The maximum absolute atomic E-state index is 8.70. The molecule has 0 spiro atoms. The molecule has 1 unspecified atom stereocenters. The van der Waals surface area contributed by atoms with Gasteiger partial charge in [-0.25, -0.2) is 0 Å². The summed E-state index contributed by atoms with van der Waals surface area (Å²) in [5.74, 6) is 0.0349. The number of aromatic nitrogens is 1. The summed E-state index contributed by atoms with van der Waals surface area (Å²) in [7, 11) is 4.06. The summed E-state index contributed by atoms with van der Waals surface area (Å²) in [6.45, 7) is 3.69. The highest BCUT2D eigenvalue weighted by atomic mass is 16.4. The van der Waals surface area contributed by atoms with Crippen LogP contribution >= 0.6 is 0 Å². The molecule has 0 saturated carbocycles. The zero-order valence-electron chi connectivity index (χ0n) is 11.1. The first-order chi connectivity index (χ1) is 8.54. The topological polar surface area (TPSA) is 86.8 Å². The van der Waals surface area contributed by atoms with Crippen molar-refractivity contribution in [2.45, 2.75) is 19.5 Å². The second-order valence-corrected chi connectivity index (χ2v) is 4.54. The molecule has 1 aromatic heterocycles. The van der Waals surface area contributed by atoms with E-state index in [1.54, 1.807) is 6.20 Å². The van der Waals surface area contributed by atoms with Crippen LogP contribution in [-0.2, 0) is 6.54 Å². The number of nitrogens with two attached hydrogens (primary N) is 1. The smallest absolute Gasteiger partial charge is 0.189 e. The van der Waals surface area contributed by atoms with E-state index in [1.165, 1.54) is 0 Å². The molecule has 6 nitrogen and oxygen atoms in total. The van der Waals surface area contributed by atoms with Crippen LogP contribution in [-0.4, -0.2) is 47.6 Å². The van der Waals surface area contributed by atoms with Crippen LogP contribution in [0.15, 0.2) is 23.5 Å². The van der Waals surface area contributed by atoms with Crippen molar-refractivity contribution in [3.8, 4) is 0 Å². The molecule has 1 heterocycles. The third-order valence-corrected chi connectivity index (χ3v) is 2.52. The Labute approximate surface area is 107 Å². The molecule has 0 radical (unpaired) electrons. The number of amidine groups is 1. The van der Waals surface area contributed by atoms with Crippen molar-refractivity contribution < 1.29 is 5.21 Å². The van der Waals surface area contributed by atoms with Gasteiger partial charge < -0.3 is 21.2 Å². The second-order valence-electron chi connectivity index (χ2n) is 4.54. The Kier molecular flexibility index (Phi) is 5.54. The summed E-state index contributed by atoms with van der Waals surface area (Å²) < 4.78 is 0. The maximum Gasteiger partial charge on any atom is 0.189 e. The summed E-state index contributed by atoms with van der Waals surface area (Å²) in [6, 6.07) is 4.10. The molecule has 0 bridgehead atoms. The average molecular weight is 251 g/mol. The van der Waals surface area contributed by atoms with Crippen LogP contribution in [0.25, 0.3) is 0 Å². The van der Waals surface area contributed by atoms with E-state index < -0.39 is 0 Å². The van der Waals surface area contributed by atoms with Crippen LogP contribution in [0.1, 0.15) is 18.2 Å². The molecule has 6 heteroatoms. The average Bonchev–Trinajstić information content (AvgIpc) is 2.35. The van der Waals surface area contributed by atoms with E-state index in [2.05, 4.69) is 27.3 Å². The summed E-state index contributed by atoms with van der Waals surface area (Å²) >= 11 is 0. The molecule has 0 fully saturated rings. The highest BCUT2D eigenvalue weighted by Gasteiger charge is 2.09. The standard InChI is InChI=1S/C12H21N5O/c1-9(8-17(2)3)15-7-10-5-4-6-14-11(10)12(13)16-18/h4-6,9,15,18H,7-8H2,1-3H3,(H2,13,16). The number of pyridine rings is 1. The van der Waals surface area contributed by atoms with Gasteiger partial charge in [0.2, 0.25) is 0 Å². The molecule has 1 aromatic rings. The van der Waals surface area contributed by atoms with Gasteiger partial charge in [-0.15, -0.1) is 0 Å². The van der Waals surface area contributed by atoms with Crippen molar-refractivity contribution in [2.75, 3.05) is 20.6 Å². The number of hydrogen-bond donors (Lipinski definition) is 3. The lowest BCUT2D eigenvalue weighted by Gasteiger charge is -2.18. The Bertz CT molecular complexity index is 405. The maximum atomic E-state index is 8.70. The van der Waals surface area contributed by atoms with E-state index in [4.69, 9.17) is 10.9 Å². The molecule has 0 saturated heterocycles. The largest absolute Gasteiger partial charge is 0.409 e. The second kappa shape index (κ2) is 6.93. The third kappa shape index (κ3) is 4.31. The van der Waals surface area contributed by atoms with Gasteiger partial charge in [0.1, 0.15) is 5.69 Å². The van der Waals surface area contributed by atoms with Gasteiger partial charge >= 0.3 is 0 Å². The molecular weight excluding hydrogens is 230 g/mol. The first-order valence-corrected chi connectivity index (χ1v) is 5.84. The van der Waals surface area contributed by atoms with Crippen LogP contribution in [0.3, 0.4) is 0 Å². The van der Waals surface area contributed by atoms with E-state index in [1.807, 2.05) is 26.2 Å². The quantitative estimate of drug-likeness (QED) is 0.291. The minimum atomic E-state index is 0.0349. The molecule has 0 aromatic carbocycles. The zero-order valence-corrected chi connectivity index (χ0v) is 11.1. The van der Waals surface area contributed by atoms with Crippen molar-refractivity contribution in [2.24, 2.45) is 10.9 Å². The normalized spacial score (nSPS) is 13.9. The monoisotopic (exact) mass is 251 g/mol. The first kappa shape index (κ1) is 14.4. The predicted molar refractivity (Wildman–Crippen MR) is 71.6 cm³/mol. The van der Waals surface area contributed by atoms with Crippen LogP contribution in [0.5, 0.6) is 0 Å². The Hall–Kier alpha value is -1.66. The fraction of sp³-hybridized carbons (Fsp3) is 0.500. The SMILES string of the molecule is CC(CN(C)C)NCc1cccnc1/C(N)=N/O. The van der Waals surface area contributed by atoms with E-state index in [0.717, 1.165) is 12.1 Å². The molecule has 18 heavy (non-hydrogen) atoms. The van der Waals surface area contributed by atoms with E-state index >= 15 is 0 Å². The number of hydrogen-bond acceptors (Lipinski definition) is 5. The van der Waals surface area contributed by atoms with Crippen LogP contribution in [0, 0.1) is 0 Å². The number of likely N-dealkylation sites (N-methyl/N-ethyl adjacent to an activating group) is 1. The summed E-state index contributed by atoms with van der Waals surface area (Å²) in [5, 5.41) is 15.1. The van der Waals surface area contributed by atoms with Gasteiger partial charge in [0, 0.05) is 25.3 Å². The Morgan fingerprint density at radius 1 is 1.61 bits per heavy atom. The Morgan fingerprint density at radius 2 is 2.33 bits per heavy atom. The van der Waals surface area contributed by atoms with Gasteiger partial charge in [-0.1, -0.05) is 11.2 Å². The van der Waals surface area contributed by atoms with Crippen LogP contribution in [0.2, 0.25) is 0 Å². The summed E-state index contributed by atoms with van der Waals surface area (Å²) in [4.78, 5) is 6.24. The van der Waals surface area contributed by atoms with Crippen molar-refractivity contribution in [1.82, 2.24) is 15.2 Å². The predicted octanol–water partition coefficient (Wildman–Crippen LogP) is 0.216. The molecule has 1 atom stereocenters. The fourth-order valence-electron chi connectivity index (χ4n) is 1.76. The summed E-state index contributed by atoms with van der Waals surface area (Å²) in [6.07, 6.45) is 1.63. The Morgan fingerprint density at radius 3 is 2.94 bits per heavy atom. The zero-order chi connectivity index (χ0) is 13.5. The molecule has 100 valence electrons. The third-order valence-electron chi connectivity index (χ3n) is 2.52. The highest BCUT2D eigenvalue weighted by molar-refractivity contribution is 5.96. The van der Waals surface area contributed by atoms with Gasteiger partial charge in [0.15, 0.2) is 5.84 Å². The van der Waals surface area contributed by atoms with Gasteiger partial charge in [-0.2, -0.15) is 0 Å². The Balaban J connectivity index is 2.67. The van der Waals surface area contributed by atoms with Gasteiger partial charge in [-0.05, 0) is 32.6 Å². The lowest BCUT2D eigenvalue weighted by molar-refractivity contribution is 0.318.